The van der Waals surface area contributed by atoms with Crippen LogP contribution in [0.1, 0.15) is 56.5 Å². The molecule has 2 aliphatic heterocycles. The number of benzene rings is 1. The van der Waals surface area contributed by atoms with Crippen LogP contribution in [0, 0.1) is 11.8 Å². The minimum Gasteiger partial charge on any atom is -0.350 e. The summed E-state index contributed by atoms with van der Waals surface area (Å²) >= 11 is 0. The predicted octanol–water partition coefficient (Wildman–Crippen LogP) is 2.57. The molecule has 0 radical (unpaired) electrons. The van der Waals surface area contributed by atoms with Gasteiger partial charge in [0, 0.05) is 39.1 Å². The van der Waals surface area contributed by atoms with Crippen LogP contribution in [0.5, 0.6) is 0 Å². The molecule has 4 rings (SSSR count). The van der Waals surface area contributed by atoms with Crippen LogP contribution in [-0.2, 0) is 37.4 Å². The highest BCUT2D eigenvalue weighted by atomic mass is 16.2. The molecule has 7 heteroatoms. The van der Waals surface area contributed by atoms with Crippen molar-refractivity contribution in [3.05, 3.63) is 51.7 Å². The van der Waals surface area contributed by atoms with E-state index in [2.05, 4.69) is 53.4 Å². The minimum absolute atomic E-state index is 0.0255. The van der Waals surface area contributed by atoms with Crippen molar-refractivity contribution in [2.45, 2.75) is 72.1 Å². The van der Waals surface area contributed by atoms with Crippen molar-refractivity contribution in [3.8, 4) is 0 Å². The molecule has 1 amide bonds. The lowest BCUT2D eigenvalue weighted by molar-refractivity contribution is -0.122. The highest BCUT2D eigenvalue weighted by molar-refractivity contribution is 5.75. The maximum atomic E-state index is 12.5. The summed E-state index contributed by atoms with van der Waals surface area (Å²) in [5.74, 6) is 2.14. The van der Waals surface area contributed by atoms with Crippen LogP contribution in [0.25, 0.3) is 0 Å². The van der Waals surface area contributed by atoms with Crippen molar-refractivity contribution in [1.82, 2.24) is 24.6 Å². The highest BCUT2D eigenvalue weighted by Gasteiger charge is 2.21. The normalized spacial score (nSPS) is 22.0. The second-order valence-corrected chi connectivity index (χ2v) is 9.55. The number of aryl methyl sites for hydroxylation is 1. The first-order valence-electron chi connectivity index (χ1n) is 11.7. The van der Waals surface area contributed by atoms with Gasteiger partial charge in [0.2, 0.25) is 5.91 Å². The Balaban J connectivity index is 1.27. The Hall–Kier alpha value is -2.41. The van der Waals surface area contributed by atoms with Crippen LogP contribution in [0.3, 0.4) is 0 Å². The number of carbonyl (C=O) groups is 1. The van der Waals surface area contributed by atoms with Crippen LogP contribution in [0.2, 0.25) is 0 Å². The van der Waals surface area contributed by atoms with Crippen LogP contribution in [-0.4, -0.2) is 38.2 Å². The summed E-state index contributed by atoms with van der Waals surface area (Å²) in [5.41, 5.74) is 2.20. The zero-order chi connectivity index (χ0) is 21.8. The second-order valence-electron chi connectivity index (χ2n) is 9.55. The molecule has 3 heterocycles. The summed E-state index contributed by atoms with van der Waals surface area (Å²) in [6.07, 6.45) is 5.30. The Morgan fingerprint density at radius 2 is 1.77 bits per heavy atom. The number of piperidine rings is 1. The molecule has 2 unspecified atom stereocenters. The fourth-order valence-electron chi connectivity index (χ4n) is 5.06. The average Bonchev–Trinajstić information content (AvgIpc) is 2.89. The lowest BCUT2D eigenvalue weighted by Crippen LogP contribution is -2.38. The molecule has 0 saturated carbocycles. The van der Waals surface area contributed by atoms with Gasteiger partial charge in [0.25, 0.3) is 0 Å². The standard InChI is InChI=1S/C24H35N5O2/c1-18-12-19(2)15-27(14-18)16-21-9-7-20(8-10-21)13-25-23(30)17-29-24(31)28-11-5-3-4-6-22(28)26-29/h7-10,18-19H,3-6,11-17H2,1-2H3,(H,25,30). The summed E-state index contributed by atoms with van der Waals surface area (Å²) in [5, 5.41) is 7.31. The van der Waals surface area contributed by atoms with Crippen molar-refractivity contribution < 1.29 is 4.79 Å². The molecule has 168 valence electrons. The van der Waals surface area contributed by atoms with Gasteiger partial charge in [-0.15, -0.1) is 0 Å². The van der Waals surface area contributed by atoms with Crippen LogP contribution < -0.4 is 11.0 Å². The van der Waals surface area contributed by atoms with E-state index in [9.17, 15) is 9.59 Å². The third-order valence-electron chi connectivity index (χ3n) is 6.44. The van der Waals surface area contributed by atoms with E-state index in [1.165, 1.54) is 29.8 Å². The van der Waals surface area contributed by atoms with Gasteiger partial charge in [-0.25, -0.2) is 9.48 Å². The molecule has 2 aromatic rings. The van der Waals surface area contributed by atoms with E-state index in [1.54, 1.807) is 4.57 Å². The number of hydrogen-bond acceptors (Lipinski definition) is 4. The fourth-order valence-corrected chi connectivity index (χ4v) is 5.06. The molecule has 0 bridgehead atoms. The third kappa shape index (κ3) is 5.64. The first-order valence-corrected chi connectivity index (χ1v) is 11.7. The van der Waals surface area contributed by atoms with E-state index in [0.717, 1.165) is 55.5 Å². The highest BCUT2D eigenvalue weighted by Crippen LogP contribution is 2.22. The summed E-state index contributed by atoms with van der Waals surface area (Å²) in [6.45, 7) is 9.12. The first kappa shape index (κ1) is 21.8. The van der Waals surface area contributed by atoms with Gasteiger partial charge in [-0.05, 0) is 42.2 Å². The maximum Gasteiger partial charge on any atom is 0.346 e. The van der Waals surface area contributed by atoms with Gasteiger partial charge in [-0.1, -0.05) is 44.5 Å². The largest absolute Gasteiger partial charge is 0.350 e. The maximum absolute atomic E-state index is 12.5. The molecule has 7 nitrogen and oxygen atoms in total. The molecule has 1 saturated heterocycles. The van der Waals surface area contributed by atoms with Crippen molar-refractivity contribution in [2.24, 2.45) is 11.8 Å². The Morgan fingerprint density at radius 1 is 1.06 bits per heavy atom. The molecule has 1 aromatic carbocycles. The number of amides is 1. The zero-order valence-electron chi connectivity index (χ0n) is 18.8. The van der Waals surface area contributed by atoms with Gasteiger partial charge in [-0.2, -0.15) is 5.10 Å². The molecule has 2 atom stereocenters. The zero-order valence-corrected chi connectivity index (χ0v) is 18.8. The number of fused-ring (bicyclic) bond motifs is 1. The van der Waals surface area contributed by atoms with Gasteiger partial charge >= 0.3 is 5.69 Å². The first-order chi connectivity index (χ1) is 15.0. The van der Waals surface area contributed by atoms with E-state index in [1.807, 2.05) is 0 Å². The third-order valence-corrected chi connectivity index (χ3v) is 6.44. The number of nitrogens with zero attached hydrogens (tertiary/aromatic N) is 4. The van der Waals surface area contributed by atoms with Crippen LogP contribution in [0.15, 0.2) is 29.1 Å². The van der Waals surface area contributed by atoms with Crippen molar-refractivity contribution in [1.29, 1.82) is 0 Å². The van der Waals surface area contributed by atoms with Crippen molar-refractivity contribution >= 4 is 5.91 Å². The van der Waals surface area contributed by atoms with E-state index >= 15 is 0 Å². The van der Waals surface area contributed by atoms with Gasteiger partial charge in [0.05, 0.1) is 0 Å². The van der Waals surface area contributed by atoms with Gasteiger partial charge < -0.3 is 5.32 Å². The van der Waals surface area contributed by atoms with Gasteiger partial charge in [0.1, 0.15) is 12.4 Å². The number of aromatic nitrogens is 3. The summed E-state index contributed by atoms with van der Waals surface area (Å²) < 4.78 is 3.03. The Bertz CT molecular complexity index is 936. The molecule has 2 aliphatic rings. The number of rotatable bonds is 6. The van der Waals surface area contributed by atoms with Crippen molar-refractivity contribution in [2.75, 3.05) is 13.1 Å². The number of nitrogens with one attached hydrogen (secondary N) is 1. The molecule has 1 fully saturated rings. The molecule has 0 aliphatic carbocycles. The topological polar surface area (TPSA) is 72.2 Å². The average molecular weight is 426 g/mol. The number of likely N-dealkylation sites (tertiary alicyclic amines) is 1. The number of carbonyl (C=O) groups excluding carboxylic acids is 1. The monoisotopic (exact) mass is 425 g/mol. The predicted molar refractivity (Wildman–Crippen MR) is 121 cm³/mol. The molecular formula is C24H35N5O2. The van der Waals surface area contributed by atoms with E-state index in [4.69, 9.17) is 0 Å². The molecule has 1 N–H and O–H groups in total. The minimum atomic E-state index is -0.185. The summed E-state index contributed by atoms with van der Waals surface area (Å²) in [6, 6.07) is 8.47. The summed E-state index contributed by atoms with van der Waals surface area (Å²) in [4.78, 5) is 27.4. The quantitative estimate of drug-likeness (QED) is 0.772. The van der Waals surface area contributed by atoms with Gasteiger partial charge in [-0.3, -0.25) is 14.3 Å². The Kier molecular flexibility index (Phi) is 6.90. The smallest absolute Gasteiger partial charge is 0.346 e. The summed E-state index contributed by atoms with van der Waals surface area (Å²) in [7, 11) is 0. The lowest BCUT2D eigenvalue weighted by Gasteiger charge is -2.35. The SMILES string of the molecule is CC1CC(C)CN(Cc2ccc(CNC(=O)Cn3nc4n(c3=O)CCCCC4)cc2)C1. The van der Waals surface area contributed by atoms with Gasteiger partial charge in [0.15, 0.2) is 0 Å². The second kappa shape index (κ2) is 9.81. The lowest BCUT2D eigenvalue weighted by atomic mass is 9.91. The molecule has 31 heavy (non-hydrogen) atoms. The van der Waals surface area contributed by atoms with E-state index in [-0.39, 0.29) is 18.1 Å². The fraction of sp³-hybridized carbons (Fsp3) is 0.625. The van der Waals surface area contributed by atoms with E-state index in [0.29, 0.717) is 13.1 Å². The Morgan fingerprint density at radius 3 is 2.52 bits per heavy atom. The Labute approximate surface area is 184 Å². The molecular weight excluding hydrogens is 390 g/mol. The molecule has 0 spiro atoms. The van der Waals surface area contributed by atoms with Crippen molar-refractivity contribution in [3.63, 3.8) is 0 Å². The van der Waals surface area contributed by atoms with Crippen LogP contribution >= 0.6 is 0 Å². The van der Waals surface area contributed by atoms with E-state index < -0.39 is 0 Å². The molecule has 1 aromatic heterocycles. The van der Waals surface area contributed by atoms with Crippen LogP contribution in [0.4, 0.5) is 0 Å². The number of hydrogen-bond donors (Lipinski definition) is 1.